The van der Waals surface area contributed by atoms with Crippen molar-refractivity contribution in [1.82, 2.24) is 19.7 Å². The van der Waals surface area contributed by atoms with Gasteiger partial charge in [0.05, 0.1) is 5.69 Å². The van der Waals surface area contributed by atoms with Crippen LogP contribution in [0.4, 0.5) is 0 Å². The molecule has 0 radical (unpaired) electrons. The number of hydrogen-bond donors (Lipinski definition) is 0. The van der Waals surface area contributed by atoms with Crippen molar-refractivity contribution < 1.29 is 0 Å². The van der Waals surface area contributed by atoms with Crippen molar-refractivity contribution in [2.24, 2.45) is 0 Å². The maximum Gasteiger partial charge on any atom is 0.160 e. The van der Waals surface area contributed by atoms with Gasteiger partial charge < -0.3 is 0 Å². The number of nitrogens with zero attached hydrogens (tertiary/aromatic N) is 4. The first-order chi connectivity index (χ1) is 7.31. The first-order valence-electron chi connectivity index (χ1n) is 5.14. The zero-order valence-corrected chi connectivity index (χ0v) is 9.01. The van der Waals surface area contributed by atoms with E-state index in [4.69, 9.17) is 0 Å². The highest BCUT2D eigenvalue weighted by Gasteiger charge is 2.04. The van der Waals surface area contributed by atoms with E-state index in [1.165, 1.54) is 0 Å². The number of aromatic nitrogens is 4. The van der Waals surface area contributed by atoms with Gasteiger partial charge in [0.2, 0.25) is 0 Å². The van der Waals surface area contributed by atoms with Crippen molar-refractivity contribution in [3.63, 3.8) is 0 Å². The highest BCUT2D eigenvalue weighted by molar-refractivity contribution is 5.23. The van der Waals surface area contributed by atoms with Crippen molar-refractivity contribution in [2.75, 3.05) is 0 Å². The standard InChI is InChI=1S/C11H14N4/c1-3-4-10-12-7-8-15(10)11-6-5-9(2)13-14-11/h5-8H,3-4H2,1-2H3. The summed E-state index contributed by atoms with van der Waals surface area (Å²) < 4.78 is 1.98. The highest BCUT2D eigenvalue weighted by Crippen LogP contribution is 2.08. The molecule has 0 fully saturated rings. The number of hydrogen-bond acceptors (Lipinski definition) is 3. The van der Waals surface area contributed by atoms with E-state index in [1.807, 2.05) is 29.8 Å². The van der Waals surface area contributed by atoms with Gasteiger partial charge in [-0.3, -0.25) is 4.57 Å². The van der Waals surface area contributed by atoms with Crippen LogP contribution in [0, 0.1) is 6.92 Å². The van der Waals surface area contributed by atoms with E-state index in [1.54, 1.807) is 6.20 Å². The largest absolute Gasteiger partial charge is 0.286 e. The summed E-state index contributed by atoms with van der Waals surface area (Å²) in [5, 5.41) is 8.17. The third-order valence-corrected chi connectivity index (χ3v) is 2.22. The Balaban J connectivity index is 2.36. The van der Waals surface area contributed by atoms with Crippen LogP contribution in [-0.4, -0.2) is 19.7 Å². The summed E-state index contributed by atoms with van der Waals surface area (Å²) in [4.78, 5) is 4.30. The van der Waals surface area contributed by atoms with Gasteiger partial charge in [-0.25, -0.2) is 4.98 Å². The molecule has 78 valence electrons. The van der Waals surface area contributed by atoms with E-state index in [0.29, 0.717) is 0 Å². The molecule has 2 rings (SSSR count). The average molecular weight is 202 g/mol. The zero-order valence-electron chi connectivity index (χ0n) is 9.01. The fourth-order valence-electron chi connectivity index (χ4n) is 1.47. The Morgan fingerprint density at radius 2 is 2.13 bits per heavy atom. The Morgan fingerprint density at radius 3 is 2.80 bits per heavy atom. The zero-order chi connectivity index (χ0) is 10.7. The lowest BCUT2D eigenvalue weighted by atomic mass is 10.3. The molecule has 4 nitrogen and oxygen atoms in total. The average Bonchev–Trinajstić information content (AvgIpc) is 2.68. The molecule has 0 aromatic carbocycles. The molecular formula is C11H14N4. The normalized spacial score (nSPS) is 10.5. The lowest BCUT2D eigenvalue weighted by molar-refractivity contribution is 0.783. The van der Waals surface area contributed by atoms with Gasteiger partial charge in [-0.1, -0.05) is 6.92 Å². The maximum absolute atomic E-state index is 4.30. The minimum Gasteiger partial charge on any atom is -0.286 e. The van der Waals surface area contributed by atoms with Gasteiger partial charge in [-0.05, 0) is 25.5 Å². The van der Waals surface area contributed by atoms with Crippen LogP contribution < -0.4 is 0 Å². The molecule has 0 atom stereocenters. The van der Waals surface area contributed by atoms with Crippen LogP contribution in [0.3, 0.4) is 0 Å². The molecule has 0 saturated heterocycles. The predicted octanol–water partition coefficient (Wildman–Crippen LogP) is 1.92. The van der Waals surface area contributed by atoms with E-state index < -0.39 is 0 Å². The molecule has 0 bridgehead atoms. The van der Waals surface area contributed by atoms with Crippen molar-refractivity contribution in [3.8, 4) is 5.82 Å². The molecule has 0 aliphatic heterocycles. The third-order valence-electron chi connectivity index (χ3n) is 2.22. The summed E-state index contributed by atoms with van der Waals surface area (Å²) in [6, 6.07) is 3.92. The Hall–Kier alpha value is -1.71. The predicted molar refractivity (Wildman–Crippen MR) is 57.9 cm³/mol. The lowest BCUT2D eigenvalue weighted by Gasteiger charge is -2.04. The monoisotopic (exact) mass is 202 g/mol. The van der Waals surface area contributed by atoms with E-state index in [2.05, 4.69) is 22.1 Å². The molecule has 2 aromatic rings. The van der Waals surface area contributed by atoms with Gasteiger partial charge in [-0.15, -0.1) is 5.10 Å². The highest BCUT2D eigenvalue weighted by atomic mass is 15.2. The quantitative estimate of drug-likeness (QED) is 0.763. The minimum absolute atomic E-state index is 0.835. The van der Waals surface area contributed by atoms with Crippen LogP contribution in [0.15, 0.2) is 24.5 Å². The molecule has 2 heterocycles. The molecule has 15 heavy (non-hydrogen) atoms. The van der Waals surface area contributed by atoms with Crippen molar-refractivity contribution in [2.45, 2.75) is 26.7 Å². The Morgan fingerprint density at radius 1 is 1.27 bits per heavy atom. The number of aryl methyl sites for hydroxylation is 2. The van der Waals surface area contributed by atoms with Gasteiger partial charge in [-0.2, -0.15) is 5.10 Å². The Bertz CT molecular complexity index is 430. The maximum atomic E-state index is 4.30. The molecule has 0 aliphatic rings. The van der Waals surface area contributed by atoms with Gasteiger partial charge in [0.1, 0.15) is 5.82 Å². The summed E-state index contributed by atoms with van der Waals surface area (Å²) in [5.41, 5.74) is 0.927. The van der Waals surface area contributed by atoms with Crippen molar-refractivity contribution in [3.05, 3.63) is 36.0 Å². The molecular weight excluding hydrogens is 188 g/mol. The molecule has 4 heteroatoms. The lowest BCUT2D eigenvalue weighted by Crippen LogP contribution is -2.03. The van der Waals surface area contributed by atoms with Crippen LogP contribution in [0.25, 0.3) is 5.82 Å². The van der Waals surface area contributed by atoms with Gasteiger partial charge in [0.25, 0.3) is 0 Å². The molecule has 0 saturated carbocycles. The number of imidazole rings is 1. The molecule has 0 unspecified atom stereocenters. The van der Waals surface area contributed by atoms with Crippen LogP contribution in [-0.2, 0) is 6.42 Å². The first kappa shape index (κ1) is 9.83. The smallest absolute Gasteiger partial charge is 0.160 e. The second kappa shape index (κ2) is 4.21. The summed E-state index contributed by atoms with van der Waals surface area (Å²) in [5.74, 6) is 1.87. The fraction of sp³-hybridized carbons (Fsp3) is 0.364. The molecule has 0 spiro atoms. The fourth-order valence-corrected chi connectivity index (χ4v) is 1.47. The summed E-state index contributed by atoms with van der Waals surface area (Å²) in [6.07, 6.45) is 5.76. The van der Waals surface area contributed by atoms with E-state index in [0.717, 1.165) is 30.2 Å². The van der Waals surface area contributed by atoms with E-state index in [-0.39, 0.29) is 0 Å². The number of rotatable bonds is 3. The second-order valence-corrected chi connectivity index (χ2v) is 3.50. The summed E-state index contributed by atoms with van der Waals surface area (Å²) >= 11 is 0. The van der Waals surface area contributed by atoms with Crippen molar-refractivity contribution >= 4 is 0 Å². The molecule has 0 amide bonds. The summed E-state index contributed by atoms with van der Waals surface area (Å²) in [6.45, 7) is 4.07. The first-order valence-corrected chi connectivity index (χ1v) is 5.14. The minimum atomic E-state index is 0.835. The molecule has 0 N–H and O–H groups in total. The second-order valence-electron chi connectivity index (χ2n) is 3.50. The van der Waals surface area contributed by atoms with Gasteiger partial charge in [0, 0.05) is 18.8 Å². The van der Waals surface area contributed by atoms with Crippen LogP contribution in [0.5, 0.6) is 0 Å². The Labute approximate surface area is 89.0 Å². The molecule has 2 aromatic heterocycles. The van der Waals surface area contributed by atoms with E-state index >= 15 is 0 Å². The van der Waals surface area contributed by atoms with Crippen LogP contribution in [0.1, 0.15) is 24.9 Å². The van der Waals surface area contributed by atoms with Crippen LogP contribution in [0.2, 0.25) is 0 Å². The SMILES string of the molecule is CCCc1nccn1-c1ccc(C)nn1. The summed E-state index contributed by atoms with van der Waals surface area (Å²) in [7, 11) is 0. The van der Waals surface area contributed by atoms with E-state index in [9.17, 15) is 0 Å². The van der Waals surface area contributed by atoms with Gasteiger partial charge in [0.15, 0.2) is 5.82 Å². The Kier molecular flexibility index (Phi) is 2.76. The van der Waals surface area contributed by atoms with Gasteiger partial charge >= 0.3 is 0 Å². The van der Waals surface area contributed by atoms with Crippen LogP contribution >= 0.6 is 0 Å². The third kappa shape index (κ3) is 2.03. The topological polar surface area (TPSA) is 43.6 Å². The van der Waals surface area contributed by atoms with Crippen molar-refractivity contribution in [1.29, 1.82) is 0 Å². The molecule has 0 aliphatic carbocycles.